The number of ether oxygens (including phenoxy) is 1. The number of aliphatic hydroxyl groups is 1. The Morgan fingerprint density at radius 1 is 1.38 bits per heavy atom. The highest BCUT2D eigenvalue weighted by molar-refractivity contribution is 7.10. The van der Waals surface area contributed by atoms with E-state index in [1.54, 1.807) is 11.3 Å². The van der Waals surface area contributed by atoms with Crippen LogP contribution in [-0.2, 0) is 11.2 Å². The summed E-state index contributed by atoms with van der Waals surface area (Å²) < 4.78 is 6.18. The summed E-state index contributed by atoms with van der Waals surface area (Å²) in [4.78, 5) is 19.1. The summed E-state index contributed by atoms with van der Waals surface area (Å²) in [5.41, 5.74) is 2.36. The van der Waals surface area contributed by atoms with Gasteiger partial charge in [-0.2, -0.15) is 0 Å². The fourth-order valence-corrected chi connectivity index (χ4v) is 5.44. The summed E-state index contributed by atoms with van der Waals surface area (Å²) in [5.74, 6) is 1.40. The van der Waals surface area contributed by atoms with Gasteiger partial charge < -0.3 is 14.7 Å². The maximum absolute atomic E-state index is 13.6. The van der Waals surface area contributed by atoms with Crippen LogP contribution in [0.4, 0.5) is 0 Å². The quantitative estimate of drug-likeness (QED) is 0.395. The highest BCUT2D eigenvalue weighted by Crippen LogP contribution is 2.34. The summed E-state index contributed by atoms with van der Waals surface area (Å²) in [6, 6.07) is 10.1. The molecule has 0 fully saturated rings. The molecule has 0 bridgehead atoms. The zero-order valence-electron chi connectivity index (χ0n) is 20.9. The first-order valence-corrected chi connectivity index (χ1v) is 13.4. The fourth-order valence-electron chi connectivity index (χ4n) is 4.51. The highest BCUT2D eigenvalue weighted by Gasteiger charge is 2.33. The Kier molecular flexibility index (Phi) is 10.2. The third kappa shape index (κ3) is 7.42. The second-order valence-electron chi connectivity index (χ2n) is 9.51. The molecule has 0 spiro atoms. The summed E-state index contributed by atoms with van der Waals surface area (Å²) in [6.45, 7) is 12.9. The number of hydrogen-bond acceptors (Lipinski definition) is 5. The van der Waals surface area contributed by atoms with Gasteiger partial charge in [0.2, 0.25) is 5.91 Å². The molecule has 1 N–H and O–H groups in total. The molecule has 34 heavy (non-hydrogen) atoms. The Morgan fingerprint density at radius 2 is 2.21 bits per heavy atom. The number of allylic oxidation sites excluding steroid dienone is 1. The van der Waals surface area contributed by atoms with Crippen molar-refractivity contribution in [2.75, 3.05) is 32.8 Å². The number of benzene rings is 1. The maximum atomic E-state index is 13.6. The Bertz CT molecular complexity index is 928. The van der Waals surface area contributed by atoms with Gasteiger partial charge in [-0.15, -0.1) is 17.9 Å². The van der Waals surface area contributed by atoms with Crippen molar-refractivity contribution in [3.8, 4) is 5.75 Å². The van der Waals surface area contributed by atoms with Gasteiger partial charge in [0.25, 0.3) is 0 Å². The van der Waals surface area contributed by atoms with Gasteiger partial charge in [0.05, 0.1) is 18.7 Å². The molecule has 3 atom stereocenters. The van der Waals surface area contributed by atoms with Gasteiger partial charge in [-0.05, 0) is 66.8 Å². The lowest BCUT2D eigenvalue weighted by molar-refractivity contribution is -0.136. The van der Waals surface area contributed by atoms with Crippen LogP contribution in [0.25, 0.3) is 0 Å². The van der Waals surface area contributed by atoms with Crippen LogP contribution in [0.5, 0.6) is 5.75 Å². The second kappa shape index (κ2) is 13.1. The molecule has 6 heteroatoms. The molecule has 1 aromatic carbocycles. The molecule has 0 saturated heterocycles. The van der Waals surface area contributed by atoms with E-state index in [0.717, 1.165) is 37.1 Å². The zero-order valence-corrected chi connectivity index (χ0v) is 21.7. The van der Waals surface area contributed by atoms with E-state index in [9.17, 15) is 9.90 Å². The van der Waals surface area contributed by atoms with Crippen molar-refractivity contribution in [1.29, 1.82) is 0 Å². The molecule has 0 saturated carbocycles. The smallest absolute Gasteiger partial charge is 0.237 e. The van der Waals surface area contributed by atoms with E-state index in [1.165, 1.54) is 10.4 Å². The molecular formula is C28H40N2O3S. The molecule has 1 aliphatic heterocycles. The Labute approximate surface area is 209 Å². The van der Waals surface area contributed by atoms with Gasteiger partial charge >= 0.3 is 0 Å². The van der Waals surface area contributed by atoms with Crippen LogP contribution in [0.2, 0.25) is 0 Å². The Hall–Kier alpha value is -2.15. The first-order chi connectivity index (χ1) is 16.4. The lowest BCUT2D eigenvalue weighted by Gasteiger charge is -2.37. The third-order valence-electron chi connectivity index (χ3n) is 6.61. The molecule has 1 aromatic heterocycles. The van der Waals surface area contributed by atoms with Crippen LogP contribution in [0.3, 0.4) is 0 Å². The molecule has 0 radical (unpaired) electrons. The average molecular weight is 485 g/mol. The van der Waals surface area contributed by atoms with Crippen molar-refractivity contribution < 1.29 is 14.6 Å². The number of aliphatic hydroxyl groups excluding tert-OH is 1. The number of carbonyl (C=O) groups is 1. The first-order valence-electron chi connectivity index (χ1n) is 12.5. The molecule has 0 aliphatic carbocycles. The second-order valence-corrected chi connectivity index (χ2v) is 10.5. The molecule has 0 unspecified atom stereocenters. The minimum atomic E-state index is -0.458. The predicted octanol–water partition coefficient (Wildman–Crippen LogP) is 5.24. The number of hydrogen-bond donors (Lipinski definition) is 1. The number of amides is 1. The van der Waals surface area contributed by atoms with Crippen molar-refractivity contribution in [3.63, 3.8) is 0 Å². The van der Waals surface area contributed by atoms with Gasteiger partial charge in [-0.1, -0.05) is 38.5 Å². The van der Waals surface area contributed by atoms with E-state index >= 15 is 0 Å². The number of aryl methyl sites for hydroxylation is 1. The summed E-state index contributed by atoms with van der Waals surface area (Å²) >= 11 is 1.76. The van der Waals surface area contributed by atoms with Crippen molar-refractivity contribution in [3.05, 3.63) is 64.4 Å². The highest BCUT2D eigenvalue weighted by atomic mass is 32.1. The van der Waals surface area contributed by atoms with Crippen LogP contribution in [0.15, 0.2) is 48.4 Å². The standard InChI is InChI=1S/C28H40N2O3S/c1-5-7-10-23(31)18-29(17-21(3)6-2)19-28(32)30-14-12-27-25(13-15-34-27)26(30)20-33-24-11-8-9-22(4)16-24/h5,8-9,11,13,15-16,21,23,26,31H,1,6-7,10,12,14,17-20H2,2-4H3/t21-,23-,26-/m0/s1. The van der Waals surface area contributed by atoms with Crippen LogP contribution in [0, 0.1) is 12.8 Å². The minimum Gasteiger partial charge on any atom is -0.491 e. The third-order valence-corrected chi connectivity index (χ3v) is 7.61. The lowest BCUT2D eigenvalue weighted by Crippen LogP contribution is -2.48. The molecule has 3 rings (SSSR count). The first kappa shape index (κ1) is 26.5. The van der Waals surface area contributed by atoms with Gasteiger partial charge in [0.1, 0.15) is 12.4 Å². The van der Waals surface area contributed by atoms with Crippen LogP contribution >= 0.6 is 11.3 Å². The van der Waals surface area contributed by atoms with Crippen LogP contribution in [-0.4, -0.2) is 59.7 Å². The van der Waals surface area contributed by atoms with Crippen molar-refractivity contribution in [2.45, 2.75) is 58.6 Å². The molecule has 2 aromatic rings. The number of thiophene rings is 1. The van der Waals surface area contributed by atoms with Gasteiger partial charge in [0.15, 0.2) is 0 Å². The van der Waals surface area contributed by atoms with E-state index in [4.69, 9.17) is 4.74 Å². The Morgan fingerprint density at radius 3 is 2.94 bits per heavy atom. The Balaban J connectivity index is 1.72. The van der Waals surface area contributed by atoms with E-state index in [1.807, 2.05) is 29.2 Å². The summed E-state index contributed by atoms with van der Waals surface area (Å²) in [6.07, 6.45) is 4.75. The topological polar surface area (TPSA) is 53.0 Å². The molecular weight excluding hydrogens is 444 g/mol. The van der Waals surface area contributed by atoms with Crippen molar-refractivity contribution >= 4 is 17.2 Å². The van der Waals surface area contributed by atoms with E-state index in [0.29, 0.717) is 38.6 Å². The number of carbonyl (C=O) groups excluding carboxylic acids is 1. The molecule has 1 aliphatic rings. The molecule has 5 nitrogen and oxygen atoms in total. The molecule has 186 valence electrons. The van der Waals surface area contributed by atoms with Crippen LogP contribution in [0.1, 0.15) is 55.2 Å². The number of rotatable bonds is 13. The lowest BCUT2D eigenvalue weighted by atomic mass is 10.00. The molecule has 2 heterocycles. The molecule has 1 amide bonds. The van der Waals surface area contributed by atoms with E-state index in [2.05, 4.69) is 49.8 Å². The number of nitrogens with zero attached hydrogens (tertiary/aromatic N) is 2. The summed E-state index contributed by atoms with van der Waals surface area (Å²) in [7, 11) is 0. The number of fused-ring (bicyclic) bond motifs is 1. The van der Waals surface area contributed by atoms with Gasteiger partial charge in [0, 0.05) is 24.5 Å². The van der Waals surface area contributed by atoms with Gasteiger partial charge in [-0.3, -0.25) is 9.69 Å². The minimum absolute atomic E-state index is 0.0980. The van der Waals surface area contributed by atoms with E-state index < -0.39 is 6.10 Å². The fraction of sp³-hybridized carbons (Fsp3) is 0.536. The average Bonchev–Trinajstić information content (AvgIpc) is 3.30. The maximum Gasteiger partial charge on any atom is 0.237 e. The monoisotopic (exact) mass is 484 g/mol. The van der Waals surface area contributed by atoms with Crippen molar-refractivity contribution in [1.82, 2.24) is 9.80 Å². The predicted molar refractivity (Wildman–Crippen MR) is 140 cm³/mol. The van der Waals surface area contributed by atoms with E-state index in [-0.39, 0.29) is 11.9 Å². The van der Waals surface area contributed by atoms with Crippen molar-refractivity contribution in [2.24, 2.45) is 5.92 Å². The van der Waals surface area contributed by atoms with Crippen LogP contribution < -0.4 is 4.74 Å². The normalized spacial score (nSPS) is 17.3. The summed E-state index contributed by atoms with van der Waals surface area (Å²) in [5, 5.41) is 12.6. The van der Waals surface area contributed by atoms with Gasteiger partial charge in [-0.25, -0.2) is 0 Å². The SMILES string of the molecule is C=CCC[C@H](O)CN(CC(=O)N1CCc2sccc2[C@@H]1COc1cccc(C)c1)C[C@@H](C)CC. The largest absolute Gasteiger partial charge is 0.491 e. The zero-order chi connectivity index (χ0) is 24.5.